The molecular weight excluding hydrogens is 200 g/mol. The quantitative estimate of drug-likeness (QED) is 0.834. The second kappa shape index (κ2) is 5.97. The SMILES string of the molecule is OC[C@@H]1CCCCN1CCc1ccccn1. The lowest BCUT2D eigenvalue weighted by Crippen LogP contribution is -2.42. The van der Waals surface area contributed by atoms with Gasteiger partial charge in [0.2, 0.25) is 0 Å². The van der Waals surface area contributed by atoms with E-state index in [1.54, 1.807) is 0 Å². The lowest BCUT2D eigenvalue weighted by molar-refractivity contribution is 0.0911. The van der Waals surface area contributed by atoms with Crippen LogP contribution in [0.15, 0.2) is 24.4 Å². The first-order valence-electron chi connectivity index (χ1n) is 6.15. The van der Waals surface area contributed by atoms with Crippen LogP contribution in [0.3, 0.4) is 0 Å². The highest BCUT2D eigenvalue weighted by molar-refractivity contribution is 5.03. The van der Waals surface area contributed by atoms with Crippen molar-refractivity contribution in [2.45, 2.75) is 31.7 Å². The monoisotopic (exact) mass is 220 g/mol. The number of rotatable bonds is 4. The minimum Gasteiger partial charge on any atom is -0.395 e. The van der Waals surface area contributed by atoms with Crippen LogP contribution in [0.5, 0.6) is 0 Å². The van der Waals surface area contributed by atoms with Gasteiger partial charge >= 0.3 is 0 Å². The molecule has 1 atom stereocenters. The fraction of sp³-hybridized carbons (Fsp3) is 0.615. The van der Waals surface area contributed by atoms with Crippen LogP contribution < -0.4 is 0 Å². The number of likely N-dealkylation sites (tertiary alicyclic amines) is 1. The standard InChI is InChI=1S/C13H20N2O/c16-11-13-6-2-4-9-15(13)10-7-12-5-1-3-8-14-12/h1,3,5,8,13,16H,2,4,6-7,9-11H2/t13-/m0/s1. The molecule has 0 amide bonds. The van der Waals surface area contributed by atoms with Gasteiger partial charge in [0.25, 0.3) is 0 Å². The first-order chi connectivity index (χ1) is 7.90. The Kier molecular flexibility index (Phi) is 4.31. The van der Waals surface area contributed by atoms with Gasteiger partial charge in [0.15, 0.2) is 0 Å². The number of nitrogens with zero attached hydrogens (tertiary/aromatic N) is 2. The van der Waals surface area contributed by atoms with Crippen molar-refractivity contribution in [3.05, 3.63) is 30.1 Å². The summed E-state index contributed by atoms with van der Waals surface area (Å²) in [5.41, 5.74) is 1.14. The molecule has 0 aliphatic carbocycles. The van der Waals surface area contributed by atoms with Gasteiger partial charge in [-0.15, -0.1) is 0 Å². The minimum absolute atomic E-state index is 0.294. The summed E-state index contributed by atoms with van der Waals surface area (Å²) in [6.07, 6.45) is 6.48. The highest BCUT2D eigenvalue weighted by Gasteiger charge is 2.20. The van der Waals surface area contributed by atoms with E-state index in [-0.39, 0.29) is 0 Å². The largest absolute Gasteiger partial charge is 0.395 e. The van der Waals surface area contributed by atoms with Gasteiger partial charge in [0.1, 0.15) is 0 Å². The molecule has 1 aromatic heterocycles. The highest BCUT2D eigenvalue weighted by Crippen LogP contribution is 2.16. The van der Waals surface area contributed by atoms with E-state index in [1.165, 1.54) is 12.8 Å². The van der Waals surface area contributed by atoms with Crippen molar-refractivity contribution in [1.82, 2.24) is 9.88 Å². The van der Waals surface area contributed by atoms with Gasteiger partial charge in [-0.1, -0.05) is 12.5 Å². The first-order valence-corrected chi connectivity index (χ1v) is 6.15. The van der Waals surface area contributed by atoms with Crippen molar-refractivity contribution in [2.24, 2.45) is 0 Å². The Hall–Kier alpha value is -0.930. The molecule has 3 nitrogen and oxygen atoms in total. The third kappa shape index (κ3) is 3.03. The van der Waals surface area contributed by atoms with Crippen molar-refractivity contribution >= 4 is 0 Å². The summed E-state index contributed by atoms with van der Waals surface area (Å²) in [5, 5.41) is 9.30. The number of aliphatic hydroxyl groups excluding tert-OH is 1. The lowest BCUT2D eigenvalue weighted by Gasteiger charge is -2.34. The van der Waals surface area contributed by atoms with E-state index in [0.717, 1.165) is 31.6 Å². The van der Waals surface area contributed by atoms with Crippen LogP contribution in [0.1, 0.15) is 25.0 Å². The van der Waals surface area contributed by atoms with Crippen molar-refractivity contribution in [3.8, 4) is 0 Å². The number of aromatic nitrogens is 1. The van der Waals surface area contributed by atoms with Gasteiger partial charge in [0, 0.05) is 30.9 Å². The normalized spacial score (nSPS) is 22.2. The van der Waals surface area contributed by atoms with E-state index in [2.05, 4.69) is 16.0 Å². The molecule has 1 aliphatic rings. The number of hydrogen-bond acceptors (Lipinski definition) is 3. The summed E-state index contributed by atoms with van der Waals surface area (Å²) >= 11 is 0. The second-order valence-electron chi connectivity index (χ2n) is 4.44. The molecule has 0 unspecified atom stereocenters. The molecule has 88 valence electrons. The van der Waals surface area contributed by atoms with Crippen LogP contribution in [0.25, 0.3) is 0 Å². The average molecular weight is 220 g/mol. The van der Waals surface area contributed by atoms with E-state index >= 15 is 0 Å². The Bertz CT molecular complexity index is 302. The fourth-order valence-electron chi connectivity index (χ4n) is 2.37. The molecule has 3 heteroatoms. The van der Waals surface area contributed by atoms with Gasteiger partial charge in [-0.25, -0.2) is 0 Å². The molecule has 1 fully saturated rings. The smallest absolute Gasteiger partial charge is 0.0586 e. The number of aliphatic hydroxyl groups is 1. The van der Waals surface area contributed by atoms with E-state index in [1.807, 2.05) is 18.3 Å². The third-order valence-corrected chi connectivity index (χ3v) is 3.34. The molecule has 1 aliphatic heterocycles. The summed E-state index contributed by atoms with van der Waals surface area (Å²) in [7, 11) is 0. The molecule has 1 aromatic rings. The Labute approximate surface area is 97.1 Å². The number of hydrogen-bond donors (Lipinski definition) is 1. The molecule has 0 bridgehead atoms. The molecule has 1 saturated heterocycles. The Morgan fingerprint density at radius 1 is 1.38 bits per heavy atom. The van der Waals surface area contributed by atoms with Crippen LogP contribution in [0.2, 0.25) is 0 Å². The van der Waals surface area contributed by atoms with Crippen LogP contribution in [-0.2, 0) is 6.42 Å². The third-order valence-electron chi connectivity index (χ3n) is 3.34. The molecule has 1 N–H and O–H groups in total. The van der Waals surface area contributed by atoms with Crippen LogP contribution in [0.4, 0.5) is 0 Å². The molecule has 16 heavy (non-hydrogen) atoms. The maximum atomic E-state index is 9.30. The predicted octanol–water partition coefficient (Wildman–Crippen LogP) is 1.47. The molecule has 0 radical (unpaired) electrons. The maximum absolute atomic E-state index is 9.30. The van der Waals surface area contributed by atoms with Gasteiger partial charge in [-0.05, 0) is 31.5 Å². The number of piperidine rings is 1. The van der Waals surface area contributed by atoms with E-state index in [4.69, 9.17) is 0 Å². The highest BCUT2D eigenvalue weighted by atomic mass is 16.3. The van der Waals surface area contributed by atoms with Crippen molar-refractivity contribution < 1.29 is 5.11 Å². The average Bonchev–Trinajstić information content (AvgIpc) is 2.38. The molecule has 2 rings (SSSR count). The Morgan fingerprint density at radius 2 is 2.31 bits per heavy atom. The lowest BCUT2D eigenvalue weighted by atomic mass is 10.0. The van der Waals surface area contributed by atoms with Crippen LogP contribution >= 0.6 is 0 Å². The Morgan fingerprint density at radius 3 is 3.06 bits per heavy atom. The molecule has 0 saturated carbocycles. The fourth-order valence-corrected chi connectivity index (χ4v) is 2.37. The summed E-state index contributed by atoms with van der Waals surface area (Å²) < 4.78 is 0. The minimum atomic E-state index is 0.294. The first kappa shape index (κ1) is 11.6. The molecule has 0 aromatic carbocycles. The summed E-state index contributed by atoms with van der Waals surface area (Å²) in [6.45, 7) is 2.43. The molecule has 2 heterocycles. The van der Waals surface area contributed by atoms with Gasteiger partial charge in [0.05, 0.1) is 6.61 Å². The number of pyridine rings is 1. The van der Waals surface area contributed by atoms with Crippen LogP contribution in [-0.4, -0.2) is 40.7 Å². The topological polar surface area (TPSA) is 36.4 Å². The zero-order chi connectivity index (χ0) is 11.2. The van der Waals surface area contributed by atoms with Crippen molar-refractivity contribution in [2.75, 3.05) is 19.7 Å². The van der Waals surface area contributed by atoms with Gasteiger partial charge < -0.3 is 5.11 Å². The molecular formula is C13H20N2O. The second-order valence-corrected chi connectivity index (χ2v) is 4.44. The van der Waals surface area contributed by atoms with Gasteiger partial charge in [-0.2, -0.15) is 0 Å². The van der Waals surface area contributed by atoms with Crippen molar-refractivity contribution in [1.29, 1.82) is 0 Å². The van der Waals surface area contributed by atoms with E-state index < -0.39 is 0 Å². The van der Waals surface area contributed by atoms with Crippen molar-refractivity contribution in [3.63, 3.8) is 0 Å². The zero-order valence-electron chi connectivity index (χ0n) is 9.68. The molecule has 0 spiro atoms. The summed E-state index contributed by atoms with van der Waals surface area (Å²) in [5.74, 6) is 0. The van der Waals surface area contributed by atoms with E-state index in [9.17, 15) is 5.11 Å². The summed E-state index contributed by atoms with van der Waals surface area (Å²) in [4.78, 5) is 6.73. The summed E-state index contributed by atoms with van der Waals surface area (Å²) in [6, 6.07) is 6.42. The zero-order valence-corrected chi connectivity index (χ0v) is 9.68. The Balaban J connectivity index is 1.84. The van der Waals surface area contributed by atoms with Gasteiger partial charge in [-0.3, -0.25) is 9.88 Å². The maximum Gasteiger partial charge on any atom is 0.0586 e. The van der Waals surface area contributed by atoms with Crippen LogP contribution in [0, 0.1) is 0 Å². The predicted molar refractivity (Wildman–Crippen MR) is 64.2 cm³/mol. The van der Waals surface area contributed by atoms with E-state index in [0.29, 0.717) is 12.6 Å².